The second-order valence-electron chi connectivity index (χ2n) is 13.4. The topological polar surface area (TPSA) is 50.2 Å². The van der Waals surface area contributed by atoms with Crippen LogP contribution in [0.25, 0.3) is 55.1 Å². The van der Waals surface area contributed by atoms with Gasteiger partial charge in [0.25, 0.3) is 0 Å². The van der Waals surface area contributed by atoms with Crippen molar-refractivity contribution in [2.24, 2.45) is 0 Å². The molecule has 7 aromatic rings. The van der Waals surface area contributed by atoms with E-state index in [1.54, 1.807) is 0 Å². The first-order chi connectivity index (χ1) is 24.0. The first-order valence-corrected chi connectivity index (χ1v) is 16.7. The third kappa shape index (κ3) is 10.7. The number of ketones is 1. The van der Waals surface area contributed by atoms with Gasteiger partial charge < -0.3 is 10.1 Å². The van der Waals surface area contributed by atoms with Crippen LogP contribution in [0.5, 0.6) is 0 Å². The van der Waals surface area contributed by atoms with E-state index in [4.69, 9.17) is 5.11 Å². The third-order valence-corrected chi connectivity index (χ3v) is 8.15. The monoisotopic (exact) mass is 845 g/mol. The molecule has 0 unspecified atom stereocenters. The van der Waals surface area contributed by atoms with E-state index in [0.29, 0.717) is 0 Å². The zero-order valence-corrected chi connectivity index (χ0v) is 32.3. The Labute approximate surface area is 316 Å². The molecule has 0 radical (unpaired) electrons. The van der Waals surface area contributed by atoms with Gasteiger partial charge in [0, 0.05) is 12.3 Å². The van der Waals surface area contributed by atoms with E-state index in [1.807, 2.05) is 24.4 Å². The molecule has 256 valence electrons. The van der Waals surface area contributed by atoms with Crippen LogP contribution >= 0.6 is 0 Å². The molecule has 0 saturated heterocycles. The summed E-state index contributed by atoms with van der Waals surface area (Å²) in [7, 11) is 0. The Bertz CT molecular complexity index is 2240. The van der Waals surface area contributed by atoms with Crippen LogP contribution in [-0.4, -0.2) is 15.9 Å². The van der Waals surface area contributed by atoms with Crippen LogP contribution in [0.3, 0.4) is 0 Å². The number of fused-ring (bicyclic) bond motifs is 3. The fourth-order valence-corrected chi connectivity index (χ4v) is 5.55. The maximum absolute atomic E-state index is 10.0. The molecule has 0 aliphatic rings. The van der Waals surface area contributed by atoms with Gasteiger partial charge in [-0.05, 0) is 46.9 Å². The van der Waals surface area contributed by atoms with Crippen molar-refractivity contribution in [2.75, 3.05) is 0 Å². The Kier molecular flexibility index (Phi) is 13.4. The van der Waals surface area contributed by atoms with Gasteiger partial charge >= 0.3 is 20.1 Å². The predicted octanol–water partition coefficient (Wildman–Crippen LogP) is 12.1. The van der Waals surface area contributed by atoms with Crippen molar-refractivity contribution >= 4 is 27.3 Å². The predicted molar refractivity (Wildman–Crippen MR) is 209 cm³/mol. The van der Waals surface area contributed by atoms with Crippen molar-refractivity contribution in [3.63, 3.8) is 0 Å². The molecule has 0 aliphatic carbocycles. The van der Waals surface area contributed by atoms with E-state index < -0.39 is 0 Å². The zero-order chi connectivity index (χ0) is 35.7. The van der Waals surface area contributed by atoms with Crippen molar-refractivity contribution in [3.05, 3.63) is 175 Å². The third-order valence-electron chi connectivity index (χ3n) is 8.15. The molecule has 0 amide bonds. The minimum atomic E-state index is -0.125. The Morgan fingerprint density at radius 3 is 2.00 bits per heavy atom. The molecule has 0 saturated carbocycles. The summed E-state index contributed by atoms with van der Waals surface area (Å²) in [4.78, 5) is 14.6. The number of carbonyl (C=O) groups excluding carboxylic acids is 1. The second-order valence-corrected chi connectivity index (χ2v) is 13.4. The standard InChI is InChI=1S/C21H20N.C21H14.C5H8O2.Ir/c1-21(2,3)19-12-13-20(22-15-19)18-11-7-10-17(14-18)16-8-5-4-6-9-16;1-15-5-4-7-18(13-15)19-12-11-17-10-9-16-6-2-3-8-20(16)21(17)14-19;1-4(6)3-5(2)7;/h4-10,12-15H,1-3H3;2-6,8-11,13-14H,1H3;3,6H,1-2H3;/q-1;-2;;+3/b;;4-3-;. The quantitative estimate of drug-likeness (QED) is 0.0831. The fourth-order valence-electron chi connectivity index (χ4n) is 5.55. The van der Waals surface area contributed by atoms with Crippen molar-refractivity contribution in [1.82, 2.24) is 4.98 Å². The molecule has 51 heavy (non-hydrogen) atoms. The summed E-state index contributed by atoms with van der Waals surface area (Å²) >= 11 is 0. The fraction of sp³-hybridized carbons (Fsp3) is 0.149. The molecule has 4 heteroatoms. The van der Waals surface area contributed by atoms with Gasteiger partial charge in [-0.2, -0.15) is 30.3 Å². The summed E-state index contributed by atoms with van der Waals surface area (Å²) in [5, 5.41) is 13.4. The smallest absolute Gasteiger partial charge is 0.512 e. The Hall–Kier alpha value is -5.15. The van der Waals surface area contributed by atoms with E-state index in [2.05, 4.69) is 160 Å². The van der Waals surface area contributed by atoms with Crippen molar-refractivity contribution in [2.45, 2.75) is 47.0 Å². The van der Waals surface area contributed by atoms with Gasteiger partial charge in [-0.25, -0.2) is 11.1 Å². The van der Waals surface area contributed by atoms with Gasteiger partial charge in [-0.1, -0.05) is 107 Å². The number of aryl methyl sites for hydroxylation is 1. The normalized spacial score (nSPS) is 11.1. The number of aliphatic hydroxyl groups excluding tert-OH is 1. The molecule has 3 nitrogen and oxygen atoms in total. The molecular formula is C47H42IrNO2. The van der Waals surface area contributed by atoms with Crippen molar-refractivity contribution < 1.29 is 30.0 Å². The summed E-state index contributed by atoms with van der Waals surface area (Å²) in [6.07, 6.45) is 3.14. The van der Waals surface area contributed by atoms with Crippen LogP contribution in [0, 0.1) is 25.1 Å². The van der Waals surface area contributed by atoms with Gasteiger partial charge in [-0.3, -0.25) is 4.79 Å². The molecular weight excluding hydrogens is 803 g/mol. The maximum Gasteiger partial charge on any atom is 3.00 e. The number of hydrogen-bond donors (Lipinski definition) is 1. The average molecular weight is 845 g/mol. The summed E-state index contributed by atoms with van der Waals surface area (Å²) in [5.74, 6) is -0.0625. The van der Waals surface area contributed by atoms with E-state index >= 15 is 0 Å². The van der Waals surface area contributed by atoms with E-state index in [-0.39, 0.29) is 37.1 Å². The van der Waals surface area contributed by atoms with Crippen LogP contribution in [0.15, 0.2) is 145 Å². The van der Waals surface area contributed by atoms with Gasteiger partial charge in [0.05, 0.1) is 5.76 Å². The van der Waals surface area contributed by atoms with Crippen LogP contribution in [0.1, 0.15) is 45.7 Å². The Morgan fingerprint density at radius 2 is 1.35 bits per heavy atom. The van der Waals surface area contributed by atoms with Crippen LogP contribution in [-0.2, 0) is 30.3 Å². The molecule has 0 aliphatic heterocycles. The number of pyridine rings is 1. The van der Waals surface area contributed by atoms with Gasteiger partial charge in [0.1, 0.15) is 0 Å². The molecule has 7 rings (SSSR count). The number of hydrogen-bond acceptors (Lipinski definition) is 3. The van der Waals surface area contributed by atoms with E-state index in [1.165, 1.54) is 63.7 Å². The minimum absolute atomic E-state index is 0. The van der Waals surface area contributed by atoms with Crippen molar-refractivity contribution in [3.8, 4) is 33.5 Å². The zero-order valence-electron chi connectivity index (χ0n) is 29.9. The van der Waals surface area contributed by atoms with Gasteiger partial charge in [-0.15, -0.1) is 63.9 Å². The number of aliphatic hydroxyl groups is 1. The molecule has 6 aromatic carbocycles. The summed E-state index contributed by atoms with van der Waals surface area (Å²) in [5.41, 5.74) is 9.21. The van der Waals surface area contributed by atoms with Gasteiger partial charge in [0.15, 0.2) is 5.78 Å². The average Bonchev–Trinajstić information content (AvgIpc) is 3.11. The number of benzene rings is 6. The Morgan fingerprint density at radius 1 is 0.686 bits per heavy atom. The number of carbonyl (C=O) groups is 1. The first kappa shape index (κ1) is 38.6. The summed E-state index contributed by atoms with van der Waals surface area (Å²) in [6.45, 7) is 11.6. The molecule has 1 heterocycles. The Balaban J connectivity index is 0.000000191. The van der Waals surface area contributed by atoms with Crippen LogP contribution in [0.2, 0.25) is 0 Å². The minimum Gasteiger partial charge on any atom is -0.512 e. The maximum atomic E-state index is 10.0. The largest absolute Gasteiger partial charge is 3.00 e. The summed E-state index contributed by atoms with van der Waals surface area (Å²) in [6, 6.07) is 54.2. The molecule has 0 spiro atoms. The molecule has 0 bridgehead atoms. The SMILES string of the molecule is CC(=O)/C=C(/C)O.CC(C)(C)c1ccc(-c2[c-]ccc(-c3ccccc3)c2)nc1.Cc1cc[c-]c(-c2[c-]cc3ccc4ccccc4c3c2)c1.[Ir+3]. The van der Waals surface area contributed by atoms with Crippen LogP contribution < -0.4 is 0 Å². The van der Waals surface area contributed by atoms with Gasteiger partial charge in [0.2, 0.25) is 0 Å². The number of rotatable bonds is 4. The first-order valence-electron chi connectivity index (χ1n) is 16.7. The van der Waals surface area contributed by atoms with E-state index in [0.717, 1.165) is 22.4 Å². The molecule has 0 atom stereocenters. The molecule has 0 fully saturated rings. The number of allylic oxidation sites excluding steroid dienone is 2. The molecule has 1 aromatic heterocycles. The number of nitrogens with zero attached hydrogens (tertiary/aromatic N) is 1. The van der Waals surface area contributed by atoms with Crippen molar-refractivity contribution in [1.29, 1.82) is 0 Å². The summed E-state index contributed by atoms with van der Waals surface area (Å²) < 4.78 is 0. The second kappa shape index (κ2) is 17.7. The van der Waals surface area contributed by atoms with Crippen LogP contribution in [0.4, 0.5) is 0 Å². The number of aromatic nitrogens is 1. The molecule has 1 N–H and O–H groups in total. The van der Waals surface area contributed by atoms with E-state index in [9.17, 15) is 4.79 Å².